The fourth-order valence-corrected chi connectivity index (χ4v) is 3.60. The van der Waals surface area contributed by atoms with E-state index in [2.05, 4.69) is 10.4 Å². The SMILES string of the molecule is CC(=O)c1ccc(NC(=O)C(C)Sc2ccc(=O)n(-c3ccc(C)c(Cl)c3)n2)cc1. The van der Waals surface area contributed by atoms with Crippen molar-refractivity contribution in [2.24, 2.45) is 0 Å². The van der Waals surface area contributed by atoms with Crippen LogP contribution in [0.25, 0.3) is 5.69 Å². The molecule has 30 heavy (non-hydrogen) atoms. The highest BCUT2D eigenvalue weighted by Crippen LogP contribution is 2.23. The second kappa shape index (κ2) is 9.28. The largest absolute Gasteiger partial charge is 0.325 e. The van der Waals surface area contributed by atoms with E-state index in [1.807, 2.05) is 13.0 Å². The molecule has 1 unspecified atom stereocenters. The molecule has 0 aliphatic heterocycles. The number of amides is 1. The van der Waals surface area contributed by atoms with Gasteiger partial charge in [0.05, 0.1) is 10.9 Å². The van der Waals surface area contributed by atoms with Crippen LogP contribution in [0.4, 0.5) is 5.69 Å². The Kier molecular flexibility index (Phi) is 6.74. The Morgan fingerprint density at radius 1 is 1.10 bits per heavy atom. The molecular weight excluding hydrogens is 422 g/mol. The highest BCUT2D eigenvalue weighted by molar-refractivity contribution is 8.00. The van der Waals surface area contributed by atoms with E-state index in [1.54, 1.807) is 49.4 Å². The fourth-order valence-electron chi connectivity index (χ4n) is 2.62. The minimum atomic E-state index is -0.461. The number of halogens is 1. The van der Waals surface area contributed by atoms with Crippen molar-refractivity contribution in [3.05, 3.63) is 81.1 Å². The molecule has 6 nitrogen and oxygen atoms in total. The van der Waals surface area contributed by atoms with Crippen molar-refractivity contribution in [2.45, 2.75) is 31.0 Å². The molecule has 3 aromatic rings. The van der Waals surface area contributed by atoms with Crippen molar-refractivity contribution < 1.29 is 9.59 Å². The lowest BCUT2D eigenvalue weighted by Gasteiger charge is -2.13. The van der Waals surface area contributed by atoms with Gasteiger partial charge in [0.15, 0.2) is 5.78 Å². The summed E-state index contributed by atoms with van der Waals surface area (Å²) < 4.78 is 1.26. The number of nitrogens with one attached hydrogen (secondary N) is 1. The number of benzene rings is 2. The average molecular weight is 442 g/mol. The lowest BCUT2D eigenvalue weighted by Crippen LogP contribution is -2.24. The molecule has 0 spiro atoms. The summed E-state index contributed by atoms with van der Waals surface area (Å²) in [6, 6.07) is 15.0. The quantitative estimate of drug-likeness (QED) is 0.449. The number of Topliss-reactive ketones (excluding diaryl/α,β-unsaturated/α-hetero) is 1. The molecule has 1 amide bonds. The van der Waals surface area contributed by atoms with Gasteiger partial charge in [-0.15, -0.1) is 0 Å². The molecule has 1 atom stereocenters. The van der Waals surface area contributed by atoms with E-state index >= 15 is 0 Å². The van der Waals surface area contributed by atoms with E-state index in [4.69, 9.17) is 11.6 Å². The van der Waals surface area contributed by atoms with Crippen LogP contribution in [0.1, 0.15) is 29.8 Å². The summed E-state index contributed by atoms with van der Waals surface area (Å²) in [7, 11) is 0. The second-order valence-corrected chi connectivity index (χ2v) is 8.51. The number of rotatable bonds is 6. The summed E-state index contributed by atoms with van der Waals surface area (Å²) in [5.74, 6) is -0.249. The Morgan fingerprint density at radius 2 is 1.80 bits per heavy atom. The Bertz CT molecular complexity index is 1160. The van der Waals surface area contributed by atoms with Crippen LogP contribution in [0.3, 0.4) is 0 Å². The van der Waals surface area contributed by atoms with Gasteiger partial charge in [-0.2, -0.15) is 9.78 Å². The smallest absolute Gasteiger partial charge is 0.271 e. The number of hydrogen-bond acceptors (Lipinski definition) is 5. The summed E-state index contributed by atoms with van der Waals surface area (Å²) in [4.78, 5) is 36.1. The Balaban J connectivity index is 1.73. The standard InChI is InChI=1S/C22H20ClN3O3S/c1-13-4-9-18(12-19(13)23)26-21(28)11-10-20(25-26)30-15(3)22(29)24-17-7-5-16(6-8-17)14(2)27/h4-12,15H,1-3H3,(H,24,29). The Hall–Kier alpha value is -2.90. The first-order valence-electron chi connectivity index (χ1n) is 9.20. The van der Waals surface area contributed by atoms with Gasteiger partial charge < -0.3 is 5.32 Å². The van der Waals surface area contributed by atoms with Gasteiger partial charge >= 0.3 is 0 Å². The molecule has 0 aliphatic carbocycles. The average Bonchev–Trinajstić information content (AvgIpc) is 2.72. The van der Waals surface area contributed by atoms with Crippen molar-refractivity contribution in [3.63, 3.8) is 0 Å². The van der Waals surface area contributed by atoms with Crippen LogP contribution in [0, 0.1) is 6.92 Å². The van der Waals surface area contributed by atoms with Crippen LogP contribution < -0.4 is 10.9 Å². The van der Waals surface area contributed by atoms with E-state index < -0.39 is 5.25 Å². The summed E-state index contributed by atoms with van der Waals surface area (Å²) in [6.07, 6.45) is 0. The minimum absolute atomic E-state index is 0.0344. The van der Waals surface area contributed by atoms with Crippen LogP contribution in [0.5, 0.6) is 0 Å². The normalized spacial score (nSPS) is 11.7. The number of ketones is 1. The predicted octanol–water partition coefficient (Wildman–Crippen LogP) is 4.52. The van der Waals surface area contributed by atoms with Crippen molar-refractivity contribution in [1.82, 2.24) is 9.78 Å². The first kappa shape index (κ1) is 21.8. The van der Waals surface area contributed by atoms with Gasteiger partial charge in [0.25, 0.3) is 5.56 Å². The maximum atomic E-state index is 12.5. The number of anilines is 1. The molecule has 0 bridgehead atoms. The molecule has 1 N–H and O–H groups in total. The third-order valence-corrected chi connectivity index (χ3v) is 5.84. The number of hydrogen-bond donors (Lipinski definition) is 1. The maximum absolute atomic E-state index is 12.5. The zero-order valence-electron chi connectivity index (χ0n) is 16.7. The fraction of sp³-hybridized carbons (Fsp3) is 0.182. The molecule has 0 fully saturated rings. The molecular formula is C22H20ClN3O3S. The van der Waals surface area contributed by atoms with Crippen molar-refractivity contribution in [2.75, 3.05) is 5.32 Å². The number of carbonyl (C=O) groups is 2. The molecule has 2 aromatic carbocycles. The number of nitrogens with zero attached hydrogens (tertiary/aromatic N) is 2. The molecule has 154 valence electrons. The van der Waals surface area contributed by atoms with Crippen LogP contribution in [-0.4, -0.2) is 26.7 Å². The lowest BCUT2D eigenvalue weighted by atomic mass is 10.1. The van der Waals surface area contributed by atoms with Gasteiger partial charge in [0, 0.05) is 22.3 Å². The maximum Gasteiger partial charge on any atom is 0.271 e. The minimum Gasteiger partial charge on any atom is -0.325 e. The molecule has 0 radical (unpaired) electrons. The van der Waals surface area contributed by atoms with Crippen LogP contribution in [0.2, 0.25) is 5.02 Å². The van der Waals surface area contributed by atoms with E-state index in [9.17, 15) is 14.4 Å². The first-order chi connectivity index (χ1) is 14.2. The molecule has 3 rings (SSSR count). The van der Waals surface area contributed by atoms with Crippen molar-refractivity contribution in [3.8, 4) is 5.69 Å². The molecule has 1 aromatic heterocycles. The molecule has 0 saturated carbocycles. The third kappa shape index (κ3) is 5.17. The zero-order valence-corrected chi connectivity index (χ0v) is 18.3. The molecule has 0 saturated heterocycles. The third-order valence-electron chi connectivity index (χ3n) is 4.40. The highest BCUT2D eigenvalue weighted by Gasteiger charge is 2.16. The monoisotopic (exact) mass is 441 g/mol. The number of aryl methyl sites for hydroxylation is 1. The van der Waals surface area contributed by atoms with Gasteiger partial charge in [-0.25, -0.2) is 0 Å². The lowest BCUT2D eigenvalue weighted by molar-refractivity contribution is -0.115. The first-order valence-corrected chi connectivity index (χ1v) is 10.5. The number of thioether (sulfide) groups is 1. The molecule has 1 heterocycles. The van der Waals surface area contributed by atoms with Gasteiger partial charge in [0.2, 0.25) is 5.91 Å². The van der Waals surface area contributed by atoms with E-state index in [-0.39, 0.29) is 17.2 Å². The summed E-state index contributed by atoms with van der Waals surface area (Å²) >= 11 is 7.40. The topological polar surface area (TPSA) is 81.1 Å². The van der Waals surface area contributed by atoms with Gasteiger partial charge in [-0.1, -0.05) is 29.4 Å². The van der Waals surface area contributed by atoms with Crippen LogP contribution in [-0.2, 0) is 4.79 Å². The summed E-state index contributed by atoms with van der Waals surface area (Å²) in [5, 5.41) is 7.79. The van der Waals surface area contributed by atoms with Gasteiger partial charge in [-0.05, 0) is 68.8 Å². The zero-order chi connectivity index (χ0) is 21.8. The summed E-state index contributed by atoms with van der Waals surface area (Å²) in [6.45, 7) is 5.12. The van der Waals surface area contributed by atoms with Gasteiger partial charge in [0.1, 0.15) is 5.03 Å². The van der Waals surface area contributed by atoms with Gasteiger partial charge in [-0.3, -0.25) is 14.4 Å². The predicted molar refractivity (Wildman–Crippen MR) is 120 cm³/mol. The summed E-state index contributed by atoms with van der Waals surface area (Å²) in [5.41, 5.74) is 2.35. The second-order valence-electron chi connectivity index (χ2n) is 6.74. The highest BCUT2D eigenvalue weighted by atomic mass is 35.5. The Morgan fingerprint density at radius 3 is 2.43 bits per heavy atom. The van der Waals surface area contributed by atoms with Crippen LogP contribution >= 0.6 is 23.4 Å². The van der Waals surface area contributed by atoms with Crippen molar-refractivity contribution in [1.29, 1.82) is 0 Å². The number of aromatic nitrogens is 2. The van der Waals surface area contributed by atoms with E-state index in [1.165, 1.54) is 29.4 Å². The van der Waals surface area contributed by atoms with E-state index in [0.29, 0.717) is 27.0 Å². The van der Waals surface area contributed by atoms with Crippen LogP contribution in [0.15, 0.2) is 64.4 Å². The molecule has 8 heteroatoms. The number of carbonyl (C=O) groups excluding carboxylic acids is 2. The van der Waals surface area contributed by atoms with E-state index in [0.717, 1.165) is 5.56 Å². The molecule has 0 aliphatic rings. The van der Waals surface area contributed by atoms with Crippen molar-refractivity contribution >= 4 is 40.7 Å². The Labute approximate surface area is 183 Å².